The molecule has 0 fully saturated rings. The van der Waals surface area contributed by atoms with Crippen molar-refractivity contribution in [2.45, 2.75) is 25.7 Å². The highest BCUT2D eigenvalue weighted by atomic mass is 32.2. The molecular formula is C19H14OS2. The highest BCUT2D eigenvalue weighted by Gasteiger charge is 2.19. The summed E-state index contributed by atoms with van der Waals surface area (Å²) in [6.07, 6.45) is -0.575. The van der Waals surface area contributed by atoms with Gasteiger partial charge >= 0.3 is 0 Å². The van der Waals surface area contributed by atoms with Gasteiger partial charge < -0.3 is 5.11 Å². The molecule has 0 saturated carbocycles. The molecule has 0 aromatic heterocycles. The summed E-state index contributed by atoms with van der Waals surface area (Å²) in [5.74, 6) is 0. The quantitative estimate of drug-likeness (QED) is 0.535. The molecule has 0 spiro atoms. The fraction of sp³-hybridized carbons (Fsp3) is 0.0526. The second kappa shape index (κ2) is 5.84. The van der Waals surface area contributed by atoms with E-state index < -0.39 is 6.10 Å². The van der Waals surface area contributed by atoms with Crippen molar-refractivity contribution in [3.8, 4) is 0 Å². The maximum Gasteiger partial charge on any atom is 0.104 e. The van der Waals surface area contributed by atoms with Gasteiger partial charge in [-0.2, -0.15) is 0 Å². The summed E-state index contributed by atoms with van der Waals surface area (Å²) < 4.78 is 0. The van der Waals surface area contributed by atoms with Gasteiger partial charge in [-0.05, 0) is 35.4 Å². The molecule has 22 heavy (non-hydrogen) atoms. The predicted molar refractivity (Wildman–Crippen MR) is 91.6 cm³/mol. The standard InChI is InChI=1S/C19H14OS2/c20-19(13-6-2-1-3-7-13)14-10-11-17-18(12-14)22-16-9-5-4-8-15(16)21-17/h1-12,19-20H. The van der Waals surface area contributed by atoms with E-state index in [-0.39, 0.29) is 0 Å². The van der Waals surface area contributed by atoms with Gasteiger partial charge in [0.1, 0.15) is 6.10 Å². The Morgan fingerprint density at radius 2 is 1.18 bits per heavy atom. The summed E-state index contributed by atoms with van der Waals surface area (Å²) in [6.45, 7) is 0. The third-order valence-corrected chi connectivity index (χ3v) is 6.23. The summed E-state index contributed by atoms with van der Waals surface area (Å²) in [6, 6.07) is 24.5. The summed E-state index contributed by atoms with van der Waals surface area (Å²) >= 11 is 3.57. The molecule has 1 aliphatic rings. The molecule has 0 bridgehead atoms. The average molecular weight is 322 g/mol. The van der Waals surface area contributed by atoms with Crippen LogP contribution < -0.4 is 0 Å². The van der Waals surface area contributed by atoms with E-state index >= 15 is 0 Å². The number of fused-ring (bicyclic) bond motifs is 2. The van der Waals surface area contributed by atoms with Crippen molar-refractivity contribution < 1.29 is 5.11 Å². The molecule has 1 nitrogen and oxygen atoms in total. The van der Waals surface area contributed by atoms with Gasteiger partial charge in [-0.25, -0.2) is 0 Å². The molecule has 4 rings (SSSR count). The molecule has 0 radical (unpaired) electrons. The van der Waals surface area contributed by atoms with Gasteiger partial charge in [0.2, 0.25) is 0 Å². The lowest BCUT2D eigenvalue weighted by Crippen LogP contribution is -2.00. The Hall–Kier alpha value is -1.68. The lowest BCUT2D eigenvalue weighted by atomic mass is 10.0. The molecule has 1 N–H and O–H groups in total. The van der Waals surface area contributed by atoms with E-state index in [0.717, 1.165) is 11.1 Å². The third-order valence-electron chi connectivity index (χ3n) is 3.69. The number of hydrogen-bond acceptors (Lipinski definition) is 3. The SMILES string of the molecule is OC(c1ccccc1)c1ccc2c(c1)Sc1ccccc1S2. The van der Waals surface area contributed by atoms with Gasteiger partial charge in [0.05, 0.1) is 0 Å². The highest BCUT2D eigenvalue weighted by Crippen LogP contribution is 2.48. The smallest absolute Gasteiger partial charge is 0.104 e. The van der Waals surface area contributed by atoms with E-state index in [9.17, 15) is 5.11 Å². The fourth-order valence-corrected chi connectivity index (χ4v) is 4.81. The molecule has 3 aromatic carbocycles. The van der Waals surface area contributed by atoms with Crippen molar-refractivity contribution >= 4 is 23.5 Å². The molecule has 0 amide bonds. The summed E-state index contributed by atoms with van der Waals surface area (Å²) in [5.41, 5.74) is 1.87. The first kappa shape index (κ1) is 13.9. The van der Waals surface area contributed by atoms with E-state index in [0.29, 0.717) is 0 Å². The second-order valence-corrected chi connectivity index (χ2v) is 7.34. The van der Waals surface area contributed by atoms with Gasteiger partial charge in [0.15, 0.2) is 0 Å². The molecule has 1 unspecified atom stereocenters. The molecule has 108 valence electrons. The van der Waals surface area contributed by atoms with Gasteiger partial charge in [0, 0.05) is 19.6 Å². The number of aliphatic hydroxyl groups excluding tert-OH is 1. The minimum atomic E-state index is -0.575. The normalized spacial score (nSPS) is 14.0. The van der Waals surface area contributed by atoms with Crippen LogP contribution in [0.15, 0.2) is 92.4 Å². The average Bonchev–Trinajstić information content (AvgIpc) is 2.59. The van der Waals surface area contributed by atoms with Crippen LogP contribution in [0.1, 0.15) is 17.2 Å². The predicted octanol–water partition coefficient (Wildman–Crippen LogP) is 5.38. The minimum Gasteiger partial charge on any atom is -0.384 e. The zero-order chi connectivity index (χ0) is 14.9. The first-order valence-electron chi connectivity index (χ1n) is 7.13. The van der Waals surface area contributed by atoms with Crippen LogP contribution in [0, 0.1) is 0 Å². The molecule has 0 aliphatic carbocycles. The van der Waals surface area contributed by atoms with Crippen LogP contribution in [0.5, 0.6) is 0 Å². The van der Waals surface area contributed by atoms with Crippen molar-refractivity contribution in [2.24, 2.45) is 0 Å². The zero-order valence-corrected chi connectivity index (χ0v) is 13.4. The highest BCUT2D eigenvalue weighted by molar-refractivity contribution is 8.05. The van der Waals surface area contributed by atoms with Crippen LogP contribution in [0.4, 0.5) is 0 Å². The van der Waals surface area contributed by atoms with Crippen LogP contribution in [0.25, 0.3) is 0 Å². The lowest BCUT2D eigenvalue weighted by molar-refractivity contribution is 0.220. The Labute approximate surface area is 138 Å². The first-order chi connectivity index (χ1) is 10.8. The Morgan fingerprint density at radius 3 is 1.91 bits per heavy atom. The Kier molecular flexibility index (Phi) is 3.70. The largest absolute Gasteiger partial charge is 0.384 e. The maximum absolute atomic E-state index is 10.6. The van der Waals surface area contributed by atoms with Gasteiger partial charge in [0.25, 0.3) is 0 Å². The van der Waals surface area contributed by atoms with E-state index in [4.69, 9.17) is 0 Å². The molecule has 0 saturated heterocycles. The third kappa shape index (κ3) is 2.56. The van der Waals surface area contributed by atoms with Gasteiger partial charge in [-0.3, -0.25) is 0 Å². The molecule has 1 atom stereocenters. The summed E-state index contributed by atoms with van der Waals surface area (Å²) in [5, 5.41) is 10.6. The van der Waals surface area contributed by atoms with Crippen molar-refractivity contribution in [3.05, 3.63) is 83.9 Å². The number of aliphatic hydroxyl groups is 1. The summed E-state index contributed by atoms with van der Waals surface area (Å²) in [7, 11) is 0. The fourth-order valence-electron chi connectivity index (χ4n) is 2.54. The van der Waals surface area contributed by atoms with Crippen LogP contribution in [0.2, 0.25) is 0 Å². The number of benzene rings is 3. The Balaban J connectivity index is 1.69. The Bertz CT molecular complexity index is 815. The first-order valence-corrected chi connectivity index (χ1v) is 8.76. The Morgan fingerprint density at radius 1 is 0.591 bits per heavy atom. The van der Waals surface area contributed by atoms with Crippen LogP contribution >= 0.6 is 23.5 Å². The van der Waals surface area contributed by atoms with Crippen molar-refractivity contribution in [1.29, 1.82) is 0 Å². The molecule has 1 heterocycles. The van der Waals surface area contributed by atoms with Gasteiger partial charge in [-0.1, -0.05) is 72.1 Å². The molecule has 3 aromatic rings. The second-order valence-electron chi connectivity index (χ2n) is 5.17. The van der Waals surface area contributed by atoms with Gasteiger partial charge in [-0.15, -0.1) is 0 Å². The monoisotopic (exact) mass is 322 g/mol. The van der Waals surface area contributed by atoms with Crippen LogP contribution in [-0.2, 0) is 0 Å². The van der Waals surface area contributed by atoms with Crippen LogP contribution in [0.3, 0.4) is 0 Å². The van der Waals surface area contributed by atoms with Crippen LogP contribution in [-0.4, -0.2) is 5.11 Å². The summed E-state index contributed by atoms with van der Waals surface area (Å²) in [4.78, 5) is 5.06. The number of hydrogen-bond donors (Lipinski definition) is 1. The molecule has 3 heteroatoms. The zero-order valence-electron chi connectivity index (χ0n) is 11.8. The number of rotatable bonds is 2. The van der Waals surface area contributed by atoms with Crippen molar-refractivity contribution in [2.75, 3.05) is 0 Å². The molecular weight excluding hydrogens is 308 g/mol. The van der Waals surface area contributed by atoms with Crippen molar-refractivity contribution in [1.82, 2.24) is 0 Å². The van der Waals surface area contributed by atoms with Crippen molar-refractivity contribution in [3.63, 3.8) is 0 Å². The van der Waals surface area contributed by atoms with E-state index in [1.54, 1.807) is 23.5 Å². The van der Waals surface area contributed by atoms with E-state index in [2.05, 4.69) is 36.4 Å². The lowest BCUT2D eigenvalue weighted by Gasteiger charge is -2.20. The van der Waals surface area contributed by atoms with E-state index in [1.807, 2.05) is 36.4 Å². The van der Waals surface area contributed by atoms with E-state index in [1.165, 1.54) is 19.6 Å². The molecule has 1 aliphatic heterocycles. The topological polar surface area (TPSA) is 20.2 Å². The maximum atomic E-state index is 10.6. The minimum absolute atomic E-state index is 0.575.